The van der Waals surface area contributed by atoms with Gasteiger partial charge in [0.15, 0.2) is 5.76 Å². The first kappa shape index (κ1) is 10.7. The molecule has 1 aromatic heterocycles. The second kappa shape index (κ2) is 4.38. The van der Waals surface area contributed by atoms with E-state index < -0.39 is 12.0 Å². The molecule has 0 saturated carbocycles. The summed E-state index contributed by atoms with van der Waals surface area (Å²) in [5.74, 6) is -1.08. The fourth-order valence-corrected chi connectivity index (χ4v) is 1.97. The Morgan fingerprint density at radius 3 is 2.88 bits per heavy atom. The van der Waals surface area contributed by atoms with Crippen molar-refractivity contribution >= 4 is 11.9 Å². The first-order valence-corrected chi connectivity index (χ1v) is 5.27. The summed E-state index contributed by atoms with van der Waals surface area (Å²) in [5.41, 5.74) is 0. The largest absolute Gasteiger partial charge is 0.480 e. The van der Waals surface area contributed by atoms with E-state index in [1.54, 1.807) is 12.1 Å². The Morgan fingerprint density at radius 2 is 2.25 bits per heavy atom. The minimum Gasteiger partial charge on any atom is -0.480 e. The SMILES string of the molecule is O=C(O)[C@@H]1CCCCN1C(=O)c1ccco1. The highest BCUT2D eigenvalue weighted by atomic mass is 16.4. The van der Waals surface area contributed by atoms with Crippen molar-refractivity contribution in [2.24, 2.45) is 0 Å². The van der Waals surface area contributed by atoms with Crippen LogP contribution in [0.4, 0.5) is 0 Å². The van der Waals surface area contributed by atoms with Gasteiger partial charge >= 0.3 is 5.97 Å². The quantitative estimate of drug-likeness (QED) is 0.821. The molecule has 0 spiro atoms. The number of furan rings is 1. The van der Waals surface area contributed by atoms with E-state index in [1.807, 2.05) is 0 Å². The van der Waals surface area contributed by atoms with E-state index in [2.05, 4.69) is 0 Å². The summed E-state index contributed by atoms with van der Waals surface area (Å²) in [6.45, 7) is 0.483. The monoisotopic (exact) mass is 223 g/mol. The van der Waals surface area contributed by atoms with E-state index in [-0.39, 0.29) is 11.7 Å². The Hall–Kier alpha value is -1.78. The van der Waals surface area contributed by atoms with Gasteiger partial charge in [0.25, 0.3) is 5.91 Å². The number of nitrogens with zero attached hydrogens (tertiary/aromatic N) is 1. The molecule has 0 bridgehead atoms. The number of carbonyl (C=O) groups is 2. The molecule has 5 heteroatoms. The number of likely N-dealkylation sites (tertiary alicyclic amines) is 1. The molecule has 86 valence electrons. The zero-order valence-electron chi connectivity index (χ0n) is 8.76. The second-order valence-corrected chi connectivity index (χ2v) is 3.83. The van der Waals surface area contributed by atoms with Crippen molar-refractivity contribution in [3.8, 4) is 0 Å². The molecule has 2 rings (SSSR count). The lowest BCUT2D eigenvalue weighted by Gasteiger charge is -2.32. The van der Waals surface area contributed by atoms with Crippen molar-refractivity contribution < 1.29 is 19.1 Å². The van der Waals surface area contributed by atoms with Crippen LogP contribution in [0.3, 0.4) is 0 Å². The average Bonchev–Trinajstić information content (AvgIpc) is 2.81. The Labute approximate surface area is 92.7 Å². The fourth-order valence-electron chi connectivity index (χ4n) is 1.97. The lowest BCUT2D eigenvalue weighted by molar-refractivity contribution is -0.143. The molecule has 0 aromatic carbocycles. The predicted octanol–water partition coefficient (Wildman–Crippen LogP) is 1.36. The number of carboxylic acids is 1. The van der Waals surface area contributed by atoms with E-state index >= 15 is 0 Å². The van der Waals surface area contributed by atoms with Gasteiger partial charge in [0.2, 0.25) is 0 Å². The van der Waals surface area contributed by atoms with Crippen LogP contribution in [0.25, 0.3) is 0 Å². The van der Waals surface area contributed by atoms with Crippen molar-refractivity contribution in [3.05, 3.63) is 24.2 Å². The lowest BCUT2D eigenvalue weighted by Crippen LogP contribution is -2.47. The van der Waals surface area contributed by atoms with Crippen LogP contribution in [0, 0.1) is 0 Å². The first-order chi connectivity index (χ1) is 7.70. The molecule has 1 fully saturated rings. The predicted molar refractivity (Wildman–Crippen MR) is 55.0 cm³/mol. The van der Waals surface area contributed by atoms with Crippen LogP contribution in [-0.4, -0.2) is 34.5 Å². The topological polar surface area (TPSA) is 70.8 Å². The van der Waals surface area contributed by atoms with Crippen molar-refractivity contribution in [3.63, 3.8) is 0 Å². The standard InChI is InChI=1S/C11H13NO4/c13-10(9-5-3-7-16-9)12-6-2-1-4-8(12)11(14)15/h3,5,7-8H,1-2,4,6H2,(H,14,15)/t8-/m0/s1. The summed E-state index contributed by atoms with van der Waals surface area (Å²) >= 11 is 0. The zero-order valence-corrected chi connectivity index (χ0v) is 8.76. The van der Waals surface area contributed by atoms with E-state index in [9.17, 15) is 9.59 Å². The highest BCUT2D eigenvalue weighted by Crippen LogP contribution is 2.20. The van der Waals surface area contributed by atoms with Crippen LogP contribution in [0.5, 0.6) is 0 Å². The van der Waals surface area contributed by atoms with Gasteiger partial charge in [-0.05, 0) is 31.4 Å². The maximum absolute atomic E-state index is 11.9. The number of piperidine rings is 1. The summed E-state index contributed by atoms with van der Waals surface area (Å²) in [5, 5.41) is 9.03. The number of hydrogen-bond acceptors (Lipinski definition) is 3. The molecule has 1 aromatic rings. The van der Waals surface area contributed by atoms with Crippen LogP contribution in [0.15, 0.2) is 22.8 Å². The molecule has 0 unspecified atom stereocenters. The third-order valence-corrected chi connectivity index (χ3v) is 2.78. The molecule has 2 heterocycles. The lowest BCUT2D eigenvalue weighted by atomic mass is 10.0. The zero-order chi connectivity index (χ0) is 11.5. The minimum atomic E-state index is -0.945. The van der Waals surface area contributed by atoms with E-state index in [1.165, 1.54) is 11.2 Å². The molecule has 16 heavy (non-hydrogen) atoms. The molecule has 0 radical (unpaired) electrons. The highest BCUT2D eigenvalue weighted by Gasteiger charge is 2.33. The van der Waals surface area contributed by atoms with E-state index in [0.29, 0.717) is 13.0 Å². The van der Waals surface area contributed by atoms with Gasteiger partial charge in [-0.3, -0.25) is 4.79 Å². The highest BCUT2D eigenvalue weighted by molar-refractivity contribution is 5.94. The van der Waals surface area contributed by atoms with Crippen LogP contribution in [0.2, 0.25) is 0 Å². The molecule has 1 aliphatic heterocycles. The maximum atomic E-state index is 11.9. The van der Waals surface area contributed by atoms with Gasteiger partial charge in [0, 0.05) is 6.54 Å². The van der Waals surface area contributed by atoms with Crippen molar-refractivity contribution in [1.82, 2.24) is 4.90 Å². The number of hydrogen-bond donors (Lipinski definition) is 1. The number of aliphatic carboxylic acids is 1. The van der Waals surface area contributed by atoms with Crippen molar-refractivity contribution in [2.45, 2.75) is 25.3 Å². The van der Waals surface area contributed by atoms with Crippen molar-refractivity contribution in [2.75, 3.05) is 6.54 Å². The van der Waals surface area contributed by atoms with Gasteiger partial charge in [-0.1, -0.05) is 0 Å². The fraction of sp³-hybridized carbons (Fsp3) is 0.455. The number of rotatable bonds is 2. The van der Waals surface area contributed by atoms with Crippen LogP contribution < -0.4 is 0 Å². The summed E-state index contributed by atoms with van der Waals surface area (Å²) in [6, 6.07) is 2.45. The molecule has 1 atom stereocenters. The Kier molecular flexibility index (Phi) is 2.94. The van der Waals surface area contributed by atoms with Crippen LogP contribution in [0.1, 0.15) is 29.8 Å². The molecule has 0 aliphatic carbocycles. The van der Waals surface area contributed by atoms with Gasteiger partial charge in [-0.15, -0.1) is 0 Å². The third-order valence-electron chi connectivity index (χ3n) is 2.78. The summed E-state index contributed by atoms with van der Waals surface area (Å²) in [6.07, 6.45) is 3.61. The third kappa shape index (κ3) is 1.93. The molecule has 1 amide bonds. The molecule has 1 N–H and O–H groups in total. The van der Waals surface area contributed by atoms with E-state index in [0.717, 1.165) is 12.8 Å². The Bertz CT molecular complexity index is 385. The number of carbonyl (C=O) groups excluding carboxylic acids is 1. The van der Waals surface area contributed by atoms with Crippen LogP contribution in [-0.2, 0) is 4.79 Å². The molecular formula is C11H13NO4. The maximum Gasteiger partial charge on any atom is 0.326 e. The van der Waals surface area contributed by atoms with E-state index in [4.69, 9.17) is 9.52 Å². The summed E-state index contributed by atoms with van der Waals surface area (Å²) in [7, 11) is 0. The molecule has 1 saturated heterocycles. The average molecular weight is 223 g/mol. The van der Waals surface area contributed by atoms with Crippen LogP contribution >= 0.6 is 0 Å². The summed E-state index contributed by atoms with van der Waals surface area (Å²) < 4.78 is 4.99. The Morgan fingerprint density at radius 1 is 1.44 bits per heavy atom. The van der Waals surface area contributed by atoms with Gasteiger partial charge in [0.05, 0.1) is 6.26 Å². The molecule has 1 aliphatic rings. The second-order valence-electron chi connectivity index (χ2n) is 3.83. The minimum absolute atomic E-state index is 0.202. The normalized spacial score (nSPS) is 20.8. The summed E-state index contributed by atoms with van der Waals surface area (Å²) in [4.78, 5) is 24.3. The van der Waals surface area contributed by atoms with Gasteiger partial charge < -0.3 is 14.4 Å². The number of carboxylic acid groups (broad SMARTS) is 1. The van der Waals surface area contributed by atoms with Gasteiger partial charge in [-0.25, -0.2) is 4.79 Å². The number of amides is 1. The Balaban J connectivity index is 2.17. The molecular weight excluding hydrogens is 210 g/mol. The van der Waals surface area contributed by atoms with Gasteiger partial charge in [0.1, 0.15) is 6.04 Å². The smallest absolute Gasteiger partial charge is 0.326 e. The first-order valence-electron chi connectivity index (χ1n) is 5.27. The van der Waals surface area contributed by atoms with Crippen molar-refractivity contribution in [1.29, 1.82) is 0 Å². The van der Waals surface area contributed by atoms with Gasteiger partial charge in [-0.2, -0.15) is 0 Å². The molecule has 5 nitrogen and oxygen atoms in total.